The van der Waals surface area contributed by atoms with Crippen molar-refractivity contribution in [2.75, 3.05) is 3.11 Å². The first-order valence-electron chi connectivity index (χ1n) is 5.59. The third kappa shape index (κ3) is 4.12. The van der Waals surface area contributed by atoms with Crippen LogP contribution in [0.25, 0.3) is 0 Å². The average Bonchev–Trinajstić information content (AvgIpc) is 2.30. The highest BCUT2D eigenvalue weighted by molar-refractivity contribution is 14.1. The Kier molecular flexibility index (Phi) is 7.38. The van der Waals surface area contributed by atoms with Gasteiger partial charge >= 0.3 is 0 Å². The average molecular weight is 333 g/mol. The minimum absolute atomic E-state index is 0.0338. The zero-order valence-electron chi connectivity index (χ0n) is 10.6. The molecule has 0 aliphatic heterocycles. The maximum absolute atomic E-state index is 11.7. The summed E-state index contributed by atoms with van der Waals surface area (Å²) < 4.78 is 1.69. The number of benzene rings is 1. The lowest BCUT2D eigenvalue weighted by Gasteiger charge is -2.18. The monoisotopic (exact) mass is 333 g/mol. The van der Waals surface area contributed by atoms with Gasteiger partial charge in [-0.3, -0.25) is 7.91 Å². The van der Waals surface area contributed by atoms with Crippen LogP contribution in [0.3, 0.4) is 0 Å². The molecule has 0 N–H and O–H groups in total. The molecule has 0 aromatic heterocycles. The first-order valence-corrected chi connectivity index (χ1v) is 6.56. The molecule has 16 heavy (non-hydrogen) atoms. The van der Waals surface area contributed by atoms with Crippen molar-refractivity contribution in [1.29, 1.82) is 0 Å². The topological polar surface area (TPSA) is 20.3 Å². The van der Waals surface area contributed by atoms with Gasteiger partial charge in [0, 0.05) is 5.92 Å². The summed E-state index contributed by atoms with van der Waals surface area (Å²) >= 11 is 2.06. The van der Waals surface area contributed by atoms with Gasteiger partial charge in [0.05, 0.1) is 28.6 Å². The summed E-state index contributed by atoms with van der Waals surface area (Å²) in [5.41, 5.74) is 2.10. The molecule has 1 aromatic rings. The largest absolute Gasteiger partial charge is 0.273 e. The Morgan fingerprint density at radius 2 is 1.75 bits per heavy atom. The predicted octanol–water partition coefficient (Wildman–Crippen LogP) is 4.36. The van der Waals surface area contributed by atoms with E-state index in [9.17, 15) is 4.79 Å². The van der Waals surface area contributed by atoms with E-state index >= 15 is 0 Å². The van der Waals surface area contributed by atoms with Crippen molar-refractivity contribution in [3.8, 4) is 0 Å². The number of amides is 1. The van der Waals surface area contributed by atoms with Crippen LogP contribution < -0.4 is 3.11 Å². The second-order valence-corrected chi connectivity index (χ2v) is 4.53. The molecule has 0 saturated carbocycles. The maximum Gasteiger partial charge on any atom is 0.238 e. The number of carbonyl (C=O) groups excluding carboxylic acids is 1. The van der Waals surface area contributed by atoms with E-state index in [1.54, 1.807) is 3.11 Å². The summed E-state index contributed by atoms with van der Waals surface area (Å²) in [5, 5.41) is 0. The van der Waals surface area contributed by atoms with Crippen LogP contribution in [0.5, 0.6) is 0 Å². The lowest BCUT2D eigenvalue weighted by molar-refractivity contribution is -0.119. The second-order valence-electron chi connectivity index (χ2n) is 3.56. The van der Waals surface area contributed by atoms with Gasteiger partial charge in [-0.25, -0.2) is 0 Å². The number of hydrogen-bond acceptors (Lipinski definition) is 1. The van der Waals surface area contributed by atoms with E-state index in [0.29, 0.717) is 0 Å². The third-order valence-corrected chi connectivity index (χ3v) is 3.01. The van der Waals surface area contributed by atoms with Gasteiger partial charge in [0.15, 0.2) is 0 Å². The highest BCUT2D eigenvalue weighted by Gasteiger charge is 2.17. The van der Waals surface area contributed by atoms with Crippen LogP contribution in [0.1, 0.15) is 33.3 Å². The highest BCUT2D eigenvalue weighted by atomic mass is 127. The quantitative estimate of drug-likeness (QED) is 0.582. The van der Waals surface area contributed by atoms with Gasteiger partial charge in [-0.1, -0.05) is 45.9 Å². The molecular formula is C13H20INO. The number of rotatable bonds is 2. The van der Waals surface area contributed by atoms with E-state index < -0.39 is 0 Å². The minimum atomic E-state index is 0.0338. The predicted molar refractivity (Wildman–Crippen MR) is 78.9 cm³/mol. The zero-order valence-corrected chi connectivity index (χ0v) is 12.8. The number of halogens is 1. The van der Waals surface area contributed by atoms with Gasteiger partial charge in [0.1, 0.15) is 0 Å². The number of aryl methyl sites for hydroxylation is 1. The van der Waals surface area contributed by atoms with E-state index in [4.69, 9.17) is 0 Å². The molecule has 0 unspecified atom stereocenters. The Balaban J connectivity index is 0.00000106. The van der Waals surface area contributed by atoms with Gasteiger partial charge in [-0.2, -0.15) is 0 Å². The maximum atomic E-state index is 11.7. The molecule has 0 atom stereocenters. The van der Waals surface area contributed by atoms with Crippen LogP contribution in [-0.4, -0.2) is 5.91 Å². The van der Waals surface area contributed by atoms with Crippen molar-refractivity contribution >= 4 is 34.5 Å². The number of para-hydroxylation sites is 1. The molecule has 1 aromatic carbocycles. The van der Waals surface area contributed by atoms with Crippen LogP contribution in [0.4, 0.5) is 5.69 Å². The summed E-state index contributed by atoms with van der Waals surface area (Å²) in [5.74, 6) is 0.173. The lowest BCUT2D eigenvalue weighted by Crippen LogP contribution is -2.25. The molecule has 0 bridgehead atoms. The molecule has 0 aliphatic carbocycles. The lowest BCUT2D eigenvalue weighted by atomic mass is 10.1. The van der Waals surface area contributed by atoms with E-state index in [0.717, 1.165) is 11.3 Å². The third-order valence-electron chi connectivity index (χ3n) is 2.01. The van der Waals surface area contributed by atoms with Crippen molar-refractivity contribution in [2.45, 2.75) is 34.6 Å². The van der Waals surface area contributed by atoms with Gasteiger partial charge in [0.2, 0.25) is 5.91 Å². The first kappa shape index (κ1) is 15.4. The van der Waals surface area contributed by atoms with E-state index in [2.05, 4.69) is 22.9 Å². The van der Waals surface area contributed by atoms with E-state index in [-0.39, 0.29) is 11.8 Å². The SMILES string of the molecule is CC.Cc1ccccc1N(I)C(=O)C(C)C. The molecule has 1 amide bonds. The van der Waals surface area contributed by atoms with Gasteiger partial charge in [-0.05, 0) is 18.6 Å². The van der Waals surface area contributed by atoms with Crippen molar-refractivity contribution < 1.29 is 4.79 Å². The normalized spacial score (nSPS) is 9.44. The Labute approximate surface area is 113 Å². The molecule has 1 rings (SSSR count). The fourth-order valence-electron chi connectivity index (χ4n) is 1.13. The van der Waals surface area contributed by atoms with Crippen LogP contribution >= 0.6 is 22.9 Å². The zero-order chi connectivity index (χ0) is 12.7. The second kappa shape index (κ2) is 7.65. The Hall–Kier alpha value is -0.580. The van der Waals surface area contributed by atoms with E-state index in [1.165, 1.54) is 0 Å². The molecular weight excluding hydrogens is 313 g/mol. The molecule has 3 heteroatoms. The van der Waals surface area contributed by atoms with Crippen LogP contribution in [0.15, 0.2) is 24.3 Å². The summed E-state index contributed by atoms with van der Waals surface area (Å²) in [6.07, 6.45) is 0. The molecule has 0 spiro atoms. The van der Waals surface area contributed by atoms with Crippen molar-refractivity contribution in [1.82, 2.24) is 0 Å². The van der Waals surface area contributed by atoms with Gasteiger partial charge < -0.3 is 0 Å². The van der Waals surface area contributed by atoms with Crippen LogP contribution in [0.2, 0.25) is 0 Å². The van der Waals surface area contributed by atoms with Crippen LogP contribution in [-0.2, 0) is 4.79 Å². The van der Waals surface area contributed by atoms with Gasteiger partial charge in [-0.15, -0.1) is 0 Å². The van der Waals surface area contributed by atoms with Crippen molar-refractivity contribution in [3.05, 3.63) is 29.8 Å². The first-order chi connectivity index (χ1) is 7.54. The molecule has 0 saturated heterocycles. The molecule has 0 aliphatic rings. The fraction of sp³-hybridized carbons (Fsp3) is 0.462. The van der Waals surface area contributed by atoms with Crippen molar-refractivity contribution in [3.63, 3.8) is 0 Å². The molecule has 2 nitrogen and oxygen atoms in total. The Bertz CT molecular complexity index is 336. The highest BCUT2D eigenvalue weighted by Crippen LogP contribution is 2.24. The number of hydrogen-bond donors (Lipinski definition) is 0. The smallest absolute Gasteiger partial charge is 0.238 e. The number of nitrogens with zero attached hydrogens (tertiary/aromatic N) is 1. The number of carbonyl (C=O) groups is 1. The number of anilines is 1. The summed E-state index contributed by atoms with van der Waals surface area (Å²) in [6.45, 7) is 9.83. The van der Waals surface area contributed by atoms with E-state index in [1.807, 2.05) is 58.9 Å². The Morgan fingerprint density at radius 3 is 2.19 bits per heavy atom. The minimum Gasteiger partial charge on any atom is -0.273 e. The molecule has 0 fully saturated rings. The molecule has 90 valence electrons. The summed E-state index contributed by atoms with van der Waals surface area (Å²) in [6, 6.07) is 7.89. The van der Waals surface area contributed by atoms with Gasteiger partial charge in [0.25, 0.3) is 0 Å². The molecule has 0 heterocycles. The summed E-state index contributed by atoms with van der Waals surface area (Å²) in [4.78, 5) is 11.7. The Morgan fingerprint density at radius 1 is 1.25 bits per heavy atom. The van der Waals surface area contributed by atoms with Crippen LogP contribution in [0, 0.1) is 12.8 Å². The fourth-order valence-corrected chi connectivity index (χ4v) is 2.23. The summed E-state index contributed by atoms with van der Waals surface area (Å²) in [7, 11) is 0. The molecule has 0 radical (unpaired) electrons. The standard InChI is InChI=1S/C11H14INO.C2H6/c1-8(2)11(14)13(12)10-7-5-4-6-9(10)3;1-2/h4-8H,1-3H3;1-2H3. The van der Waals surface area contributed by atoms with Crippen molar-refractivity contribution in [2.24, 2.45) is 5.92 Å².